The first-order valence-corrected chi connectivity index (χ1v) is 8.12. The molecule has 0 atom stereocenters. The third-order valence-electron chi connectivity index (χ3n) is 3.31. The monoisotopic (exact) mass is 361 g/mol. The molecular formula is C16H15N3O5S. The first-order valence-electron chi connectivity index (χ1n) is 7.24. The summed E-state index contributed by atoms with van der Waals surface area (Å²) in [6, 6.07) is 8.59. The minimum absolute atomic E-state index is 0.190. The van der Waals surface area contributed by atoms with Crippen molar-refractivity contribution in [2.24, 2.45) is 0 Å². The normalized spacial score (nSPS) is 10.5. The number of methoxy groups -OCH3 is 2. The van der Waals surface area contributed by atoms with Crippen molar-refractivity contribution in [3.63, 3.8) is 0 Å². The van der Waals surface area contributed by atoms with Crippen molar-refractivity contribution in [2.75, 3.05) is 19.5 Å². The highest BCUT2D eigenvalue weighted by atomic mass is 32.1. The Labute approximate surface area is 146 Å². The molecule has 0 bridgehead atoms. The molecule has 2 heterocycles. The van der Waals surface area contributed by atoms with Gasteiger partial charge in [-0.3, -0.25) is 4.79 Å². The quantitative estimate of drug-likeness (QED) is 0.723. The van der Waals surface area contributed by atoms with Gasteiger partial charge < -0.3 is 19.2 Å². The molecule has 0 saturated heterocycles. The molecule has 0 spiro atoms. The van der Waals surface area contributed by atoms with Gasteiger partial charge >= 0.3 is 5.76 Å². The van der Waals surface area contributed by atoms with Crippen LogP contribution in [0.1, 0.15) is 0 Å². The molecule has 2 aromatic heterocycles. The minimum atomic E-state index is -0.694. The smallest absolute Gasteiger partial charge is 0.437 e. The van der Waals surface area contributed by atoms with Crippen LogP contribution in [-0.4, -0.2) is 29.9 Å². The fourth-order valence-electron chi connectivity index (χ4n) is 2.13. The second-order valence-electron chi connectivity index (χ2n) is 4.92. The maximum absolute atomic E-state index is 12.2. The molecule has 8 nitrogen and oxygen atoms in total. The van der Waals surface area contributed by atoms with Gasteiger partial charge in [-0.2, -0.15) is 4.68 Å². The first kappa shape index (κ1) is 16.8. The highest BCUT2D eigenvalue weighted by Gasteiger charge is 2.15. The number of carbonyl (C=O) groups is 1. The zero-order valence-electron chi connectivity index (χ0n) is 13.5. The number of aromatic nitrogens is 2. The number of thiophene rings is 1. The van der Waals surface area contributed by atoms with Crippen LogP contribution in [-0.2, 0) is 11.3 Å². The summed E-state index contributed by atoms with van der Waals surface area (Å²) in [4.78, 5) is 24.8. The van der Waals surface area contributed by atoms with Gasteiger partial charge in [0.05, 0.1) is 24.8 Å². The summed E-state index contributed by atoms with van der Waals surface area (Å²) >= 11 is 1.39. The van der Waals surface area contributed by atoms with E-state index in [4.69, 9.17) is 13.9 Å². The lowest BCUT2D eigenvalue weighted by Gasteiger charge is -2.11. The predicted octanol–water partition coefficient (Wildman–Crippen LogP) is 2.22. The number of benzene rings is 1. The molecule has 0 aliphatic rings. The average Bonchev–Trinajstić information content (AvgIpc) is 3.25. The molecule has 130 valence electrons. The van der Waals surface area contributed by atoms with E-state index in [1.54, 1.807) is 24.3 Å². The van der Waals surface area contributed by atoms with Gasteiger partial charge in [-0.25, -0.2) is 4.79 Å². The maximum atomic E-state index is 12.2. The van der Waals surface area contributed by atoms with Crippen molar-refractivity contribution in [2.45, 2.75) is 6.54 Å². The lowest BCUT2D eigenvalue weighted by Crippen LogP contribution is -2.26. The summed E-state index contributed by atoms with van der Waals surface area (Å²) < 4.78 is 16.4. The summed E-state index contributed by atoms with van der Waals surface area (Å²) in [6.45, 7) is -0.275. The summed E-state index contributed by atoms with van der Waals surface area (Å²) in [5.41, 5.74) is 0.461. The van der Waals surface area contributed by atoms with E-state index in [-0.39, 0.29) is 12.4 Å². The fraction of sp³-hybridized carbons (Fsp3) is 0.188. The number of nitrogens with one attached hydrogen (secondary N) is 1. The Morgan fingerprint density at radius 3 is 2.84 bits per heavy atom. The highest BCUT2D eigenvalue weighted by molar-refractivity contribution is 7.13. The predicted molar refractivity (Wildman–Crippen MR) is 92.3 cm³/mol. The number of amides is 1. The Morgan fingerprint density at radius 1 is 1.32 bits per heavy atom. The van der Waals surface area contributed by atoms with Crippen LogP contribution in [0, 0.1) is 0 Å². The Hall–Kier alpha value is -3.07. The van der Waals surface area contributed by atoms with Crippen LogP contribution in [0.3, 0.4) is 0 Å². The van der Waals surface area contributed by atoms with Crippen LogP contribution in [0.5, 0.6) is 11.5 Å². The summed E-state index contributed by atoms with van der Waals surface area (Å²) in [5.74, 6) is 0.106. The molecule has 0 aliphatic carbocycles. The molecule has 1 N–H and O–H groups in total. The summed E-state index contributed by atoms with van der Waals surface area (Å²) in [7, 11) is 3.02. The number of ether oxygens (including phenoxy) is 2. The molecule has 0 fully saturated rings. The van der Waals surface area contributed by atoms with Crippen LogP contribution in [0.15, 0.2) is 44.9 Å². The second kappa shape index (κ2) is 7.22. The zero-order chi connectivity index (χ0) is 17.8. The molecular weight excluding hydrogens is 346 g/mol. The number of carbonyl (C=O) groups excluding carboxylic acids is 1. The lowest BCUT2D eigenvalue weighted by molar-refractivity contribution is -0.117. The fourth-order valence-corrected chi connectivity index (χ4v) is 2.78. The summed E-state index contributed by atoms with van der Waals surface area (Å²) in [6.07, 6.45) is 0. The number of rotatable bonds is 6. The van der Waals surface area contributed by atoms with E-state index >= 15 is 0 Å². The van der Waals surface area contributed by atoms with Gasteiger partial charge in [0.1, 0.15) is 18.0 Å². The molecule has 0 unspecified atom stereocenters. The molecule has 1 aromatic carbocycles. The zero-order valence-corrected chi connectivity index (χ0v) is 14.3. The Morgan fingerprint density at radius 2 is 2.16 bits per heavy atom. The molecule has 1 amide bonds. The van der Waals surface area contributed by atoms with Crippen molar-refractivity contribution >= 4 is 22.9 Å². The molecule has 25 heavy (non-hydrogen) atoms. The Balaban J connectivity index is 1.74. The molecule has 3 aromatic rings. The van der Waals surface area contributed by atoms with E-state index < -0.39 is 11.7 Å². The van der Waals surface area contributed by atoms with Crippen LogP contribution >= 0.6 is 11.3 Å². The number of anilines is 1. The Bertz CT molecular complexity index is 930. The van der Waals surface area contributed by atoms with E-state index in [1.807, 2.05) is 11.4 Å². The van der Waals surface area contributed by atoms with Gasteiger partial charge in [0.15, 0.2) is 0 Å². The largest absolute Gasteiger partial charge is 0.497 e. The van der Waals surface area contributed by atoms with E-state index in [9.17, 15) is 9.59 Å². The number of nitrogens with zero attached hydrogens (tertiary/aromatic N) is 2. The topological polar surface area (TPSA) is 95.6 Å². The molecule has 0 aliphatic heterocycles. The van der Waals surface area contributed by atoms with Crippen molar-refractivity contribution in [1.29, 1.82) is 0 Å². The van der Waals surface area contributed by atoms with Crippen LogP contribution < -0.4 is 20.5 Å². The highest BCUT2D eigenvalue weighted by Crippen LogP contribution is 2.29. The number of hydrogen-bond acceptors (Lipinski definition) is 7. The van der Waals surface area contributed by atoms with Gasteiger partial charge in [0, 0.05) is 6.07 Å². The van der Waals surface area contributed by atoms with Crippen molar-refractivity contribution in [3.05, 3.63) is 46.3 Å². The molecule has 3 rings (SSSR count). The van der Waals surface area contributed by atoms with Gasteiger partial charge in [-0.05, 0) is 23.6 Å². The van der Waals surface area contributed by atoms with E-state index in [0.29, 0.717) is 22.1 Å². The summed E-state index contributed by atoms with van der Waals surface area (Å²) in [5, 5.41) is 8.56. The van der Waals surface area contributed by atoms with Crippen LogP contribution in [0.2, 0.25) is 0 Å². The van der Waals surface area contributed by atoms with Crippen LogP contribution in [0.25, 0.3) is 10.8 Å². The van der Waals surface area contributed by atoms with Crippen molar-refractivity contribution in [1.82, 2.24) is 9.78 Å². The van der Waals surface area contributed by atoms with Gasteiger partial charge in [-0.15, -0.1) is 16.4 Å². The minimum Gasteiger partial charge on any atom is -0.497 e. The third-order valence-corrected chi connectivity index (χ3v) is 4.17. The van der Waals surface area contributed by atoms with E-state index in [1.165, 1.54) is 25.6 Å². The van der Waals surface area contributed by atoms with Crippen LogP contribution in [0.4, 0.5) is 5.69 Å². The third kappa shape index (κ3) is 3.72. The number of hydrogen-bond donors (Lipinski definition) is 1. The van der Waals surface area contributed by atoms with Crippen molar-refractivity contribution in [3.8, 4) is 22.3 Å². The van der Waals surface area contributed by atoms with Gasteiger partial charge in [0.25, 0.3) is 5.89 Å². The van der Waals surface area contributed by atoms with Gasteiger partial charge in [0.2, 0.25) is 5.91 Å². The molecule has 0 saturated carbocycles. The van der Waals surface area contributed by atoms with E-state index in [2.05, 4.69) is 10.4 Å². The van der Waals surface area contributed by atoms with Gasteiger partial charge in [-0.1, -0.05) is 6.07 Å². The lowest BCUT2D eigenvalue weighted by atomic mass is 10.2. The average molecular weight is 361 g/mol. The van der Waals surface area contributed by atoms with Crippen molar-refractivity contribution < 1.29 is 18.7 Å². The molecule has 9 heteroatoms. The maximum Gasteiger partial charge on any atom is 0.437 e. The molecule has 0 radical (unpaired) electrons. The van der Waals surface area contributed by atoms with E-state index in [0.717, 1.165) is 4.68 Å². The SMILES string of the molecule is COc1ccc(NC(=O)Cn2nc(-c3cccs3)oc2=O)c(OC)c1. The second-order valence-corrected chi connectivity index (χ2v) is 5.87. The standard InChI is InChI=1S/C16H15N3O5S/c1-22-10-5-6-11(12(8-10)23-2)17-14(20)9-19-16(21)24-15(18-19)13-4-3-7-25-13/h3-8H,9H2,1-2H3,(H,17,20). The Kier molecular flexibility index (Phi) is 4.85. The first-order chi connectivity index (χ1) is 12.1.